The van der Waals surface area contributed by atoms with E-state index in [1.165, 1.54) is 5.22 Å². The van der Waals surface area contributed by atoms with E-state index in [2.05, 4.69) is 24.6 Å². The van der Waals surface area contributed by atoms with Crippen molar-refractivity contribution in [1.29, 1.82) is 0 Å². The van der Waals surface area contributed by atoms with Gasteiger partial charge in [0, 0.05) is 12.4 Å². The normalized spacial score (nSPS) is 13.4. The molecule has 62 valence electrons. The third kappa shape index (κ3) is 2.06. The predicted molar refractivity (Wildman–Crippen MR) is 52.9 cm³/mol. The number of hydrogen-bond acceptors (Lipinski definition) is 1. The molecule has 0 aromatic carbocycles. The van der Waals surface area contributed by atoms with Gasteiger partial charge in [-0.1, -0.05) is 31.7 Å². The fourth-order valence-corrected chi connectivity index (χ4v) is 1.09. The van der Waals surface area contributed by atoms with Crippen LogP contribution in [0.1, 0.15) is 13.3 Å². The van der Waals surface area contributed by atoms with Crippen LogP contribution in [0.5, 0.6) is 0 Å². The Morgan fingerprint density at radius 2 is 2.33 bits per heavy atom. The third-order valence-corrected chi connectivity index (χ3v) is 1.61. The van der Waals surface area contributed by atoms with E-state index in [1.54, 1.807) is 6.08 Å². The zero-order valence-electron chi connectivity index (χ0n) is 7.33. The minimum absolute atomic E-state index is 1.04. The van der Waals surface area contributed by atoms with E-state index in [1.807, 2.05) is 24.5 Å². The van der Waals surface area contributed by atoms with Gasteiger partial charge in [-0.25, -0.2) is 0 Å². The largest absolute Gasteiger partial charge is 0.264 e. The highest BCUT2D eigenvalue weighted by Crippen LogP contribution is 1.74. The maximum atomic E-state index is 4.05. The third-order valence-electron chi connectivity index (χ3n) is 1.61. The van der Waals surface area contributed by atoms with E-state index in [0.717, 1.165) is 11.6 Å². The van der Waals surface area contributed by atoms with Crippen LogP contribution in [-0.2, 0) is 0 Å². The first-order valence-corrected chi connectivity index (χ1v) is 4.11. The molecular formula is C11H13N. The van der Waals surface area contributed by atoms with Crippen molar-refractivity contribution in [1.82, 2.24) is 4.98 Å². The molecule has 0 aliphatic heterocycles. The first kappa shape index (κ1) is 8.72. The van der Waals surface area contributed by atoms with Crippen molar-refractivity contribution < 1.29 is 0 Å². The lowest BCUT2D eigenvalue weighted by Gasteiger charge is -1.87. The van der Waals surface area contributed by atoms with Crippen LogP contribution in [0.2, 0.25) is 0 Å². The van der Waals surface area contributed by atoms with E-state index >= 15 is 0 Å². The molecule has 0 saturated carbocycles. The van der Waals surface area contributed by atoms with Crippen LogP contribution >= 0.6 is 0 Å². The Bertz CT molecular complexity index is 363. The van der Waals surface area contributed by atoms with Gasteiger partial charge in [-0.05, 0) is 22.9 Å². The number of nitrogens with zero attached hydrogens (tertiary/aromatic N) is 1. The van der Waals surface area contributed by atoms with E-state index in [0.29, 0.717) is 0 Å². The highest BCUT2D eigenvalue weighted by molar-refractivity contribution is 5.37. The molecule has 0 radical (unpaired) electrons. The van der Waals surface area contributed by atoms with E-state index < -0.39 is 0 Å². The Balaban J connectivity index is 3.37. The number of aromatic nitrogens is 1. The van der Waals surface area contributed by atoms with Gasteiger partial charge >= 0.3 is 0 Å². The van der Waals surface area contributed by atoms with Crippen molar-refractivity contribution >= 4 is 12.2 Å². The summed E-state index contributed by atoms with van der Waals surface area (Å²) < 4.78 is 0. The van der Waals surface area contributed by atoms with Gasteiger partial charge in [-0.2, -0.15) is 0 Å². The van der Waals surface area contributed by atoms with Crippen molar-refractivity contribution in [2.24, 2.45) is 0 Å². The molecule has 1 aromatic rings. The monoisotopic (exact) mass is 159 g/mol. The average Bonchev–Trinajstić information content (AvgIpc) is 2.09. The summed E-state index contributed by atoms with van der Waals surface area (Å²) in [5, 5.41) is 2.36. The van der Waals surface area contributed by atoms with Gasteiger partial charge in [0.25, 0.3) is 0 Å². The highest BCUT2D eigenvalue weighted by atomic mass is 14.6. The molecule has 0 N–H and O–H groups in total. The van der Waals surface area contributed by atoms with Gasteiger partial charge in [0.15, 0.2) is 0 Å². The second kappa shape index (κ2) is 4.50. The second-order valence-electron chi connectivity index (χ2n) is 2.52. The molecule has 0 aliphatic rings. The maximum Gasteiger partial charge on any atom is 0.0346 e. The summed E-state index contributed by atoms with van der Waals surface area (Å²) >= 11 is 0. The molecule has 1 aromatic heterocycles. The van der Waals surface area contributed by atoms with E-state index in [4.69, 9.17) is 0 Å². The average molecular weight is 159 g/mol. The summed E-state index contributed by atoms with van der Waals surface area (Å²) in [6.45, 7) is 5.78. The number of pyridine rings is 1. The molecule has 0 unspecified atom stereocenters. The van der Waals surface area contributed by atoms with Crippen molar-refractivity contribution in [2.45, 2.75) is 13.3 Å². The van der Waals surface area contributed by atoms with E-state index in [9.17, 15) is 0 Å². The Morgan fingerprint density at radius 3 is 3.00 bits per heavy atom. The molecule has 0 fully saturated rings. The molecule has 1 rings (SSSR count). The highest BCUT2D eigenvalue weighted by Gasteiger charge is 1.80. The van der Waals surface area contributed by atoms with Gasteiger partial charge in [-0.3, -0.25) is 4.98 Å². The fourth-order valence-electron chi connectivity index (χ4n) is 1.09. The summed E-state index contributed by atoms with van der Waals surface area (Å²) in [4.78, 5) is 4.05. The quantitative estimate of drug-likeness (QED) is 0.632. The number of rotatable bonds is 2. The minimum atomic E-state index is 1.04. The lowest BCUT2D eigenvalue weighted by Crippen LogP contribution is -2.24. The van der Waals surface area contributed by atoms with Crippen LogP contribution in [0.4, 0.5) is 0 Å². The Kier molecular flexibility index (Phi) is 3.27. The minimum Gasteiger partial charge on any atom is -0.264 e. The molecule has 0 aliphatic carbocycles. The standard InChI is InChI=1S/C11H13N/c1-3-5-10-7-8-12-9-11(10)6-4-2/h4-9H,2-3H2,1H3/b10-5-,11-6-. The zero-order chi connectivity index (χ0) is 8.81. The summed E-state index contributed by atoms with van der Waals surface area (Å²) in [7, 11) is 0. The van der Waals surface area contributed by atoms with Crippen LogP contribution in [0, 0.1) is 0 Å². The Labute approximate surface area is 72.8 Å². The van der Waals surface area contributed by atoms with Crippen molar-refractivity contribution in [3.8, 4) is 0 Å². The van der Waals surface area contributed by atoms with Crippen molar-refractivity contribution in [3.05, 3.63) is 41.6 Å². The van der Waals surface area contributed by atoms with Crippen molar-refractivity contribution in [2.75, 3.05) is 0 Å². The summed E-state index contributed by atoms with van der Waals surface area (Å²) in [6, 6.07) is 2.01. The van der Waals surface area contributed by atoms with Gasteiger partial charge in [0.1, 0.15) is 0 Å². The summed E-state index contributed by atoms with van der Waals surface area (Å²) in [6.07, 6.45) is 10.6. The molecule has 0 spiro atoms. The van der Waals surface area contributed by atoms with Crippen LogP contribution in [0.25, 0.3) is 12.2 Å². The first-order chi connectivity index (χ1) is 5.88. The van der Waals surface area contributed by atoms with E-state index in [-0.39, 0.29) is 0 Å². The molecule has 1 heteroatoms. The Morgan fingerprint density at radius 1 is 1.50 bits per heavy atom. The molecular weight excluding hydrogens is 146 g/mol. The van der Waals surface area contributed by atoms with Gasteiger partial charge < -0.3 is 0 Å². The maximum absolute atomic E-state index is 4.05. The summed E-state index contributed by atoms with van der Waals surface area (Å²) in [5.74, 6) is 0. The number of allylic oxidation sites excluding steroid dienone is 1. The molecule has 1 nitrogen and oxygen atoms in total. The lowest BCUT2D eigenvalue weighted by atomic mass is 10.2. The zero-order valence-corrected chi connectivity index (χ0v) is 7.33. The first-order valence-electron chi connectivity index (χ1n) is 4.11. The molecule has 0 bridgehead atoms. The second-order valence-corrected chi connectivity index (χ2v) is 2.52. The van der Waals surface area contributed by atoms with Gasteiger partial charge in [-0.15, -0.1) is 0 Å². The smallest absolute Gasteiger partial charge is 0.0346 e. The van der Waals surface area contributed by atoms with Gasteiger partial charge in [0.05, 0.1) is 0 Å². The molecule has 0 atom stereocenters. The molecule has 12 heavy (non-hydrogen) atoms. The lowest BCUT2D eigenvalue weighted by molar-refractivity contribution is 1.24. The topological polar surface area (TPSA) is 12.9 Å². The summed E-state index contributed by atoms with van der Waals surface area (Å²) in [5.41, 5.74) is 0. The van der Waals surface area contributed by atoms with Crippen molar-refractivity contribution in [3.63, 3.8) is 0 Å². The van der Waals surface area contributed by atoms with Crippen LogP contribution in [-0.4, -0.2) is 4.98 Å². The molecule has 0 saturated heterocycles. The Hall–Kier alpha value is -1.37. The SMILES string of the molecule is C=C/C=c1/cncc/c1=C/CC. The van der Waals surface area contributed by atoms with Crippen LogP contribution in [0.15, 0.2) is 31.1 Å². The molecule has 0 amide bonds. The fraction of sp³-hybridized carbons (Fsp3) is 0.182. The molecule has 1 heterocycles. The van der Waals surface area contributed by atoms with Gasteiger partial charge in [0.2, 0.25) is 0 Å². The predicted octanol–water partition coefficient (Wildman–Crippen LogP) is 1.24. The van der Waals surface area contributed by atoms with Crippen LogP contribution in [0.3, 0.4) is 0 Å². The van der Waals surface area contributed by atoms with Crippen LogP contribution < -0.4 is 10.4 Å². The number of hydrogen-bond donors (Lipinski definition) is 0.